The zero-order chi connectivity index (χ0) is 16.1. The topological polar surface area (TPSA) is 109 Å². The lowest BCUT2D eigenvalue weighted by Gasteiger charge is -1.94. The Labute approximate surface area is 121 Å². The maximum atomic E-state index is 10.2. The number of aliphatic hydroxyl groups is 2. The Morgan fingerprint density at radius 2 is 1.50 bits per heavy atom. The molecule has 0 fully saturated rings. The van der Waals surface area contributed by atoms with Crippen LogP contribution in [0.25, 0.3) is 0 Å². The third kappa shape index (κ3) is 36.0. The highest BCUT2D eigenvalue weighted by Crippen LogP contribution is 1.81. The number of aliphatic hydroxyl groups excluding tert-OH is 2. The zero-order valence-electron chi connectivity index (χ0n) is 12.6. The minimum absolute atomic E-state index is 0.0278. The third-order valence-electron chi connectivity index (χ3n) is 1.41. The fourth-order valence-electron chi connectivity index (χ4n) is 0.712. The standard InChI is InChI=1S/C5H7NO2.C4H10O3.C4H10O/c1-2-8-5(7)3-4-6;5-1-3-7-4-2-6;1-3-5-4-2/h2-3H2,1H3;5-6H,1-4H2;3-4H2,1-2H3. The van der Waals surface area contributed by atoms with Gasteiger partial charge in [-0.3, -0.25) is 4.79 Å². The van der Waals surface area contributed by atoms with Gasteiger partial charge in [-0.15, -0.1) is 0 Å². The molecule has 0 unspecified atom stereocenters. The highest BCUT2D eigenvalue weighted by atomic mass is 16.5. The number of nitriles is 1. The van der Waals surface area contributed by atoms with Crippen LogP contribution in [0.15, 0.2) is 0 Å². The van der Waals surface area contributed by atoms with Gasteiger partial charge in [0, 0.05) is 13.2 Å². The van der Waals surface area contributed by atoms with Gasteiger partial charge in [0.05, 0.1) is 39.1 Å². The van der Waals surface area contributed by atoms with Gasteiger partial charge in [0.15, 0.2) is 0 Å². The second kappa shape index (κ2) is 26.4. The van der Waals surface area contributed by atoms with Crippen LogP contribution in [0.3, 0.4) is 0 Å². The van der Waals surface area contributed by atoms with Crippen molar-refractivity contribution in [1.29, 1.82) is 5.26 Å². The number of carbonyl (C=O) groups excluding carboxylic acids is 1. The van der Waals surface area contributed by atoms with E-state index in [2.05, 4.69) is 9.47 Å². The van der Waals surface area contributed by atoms with E-state index < -0.39 is 5.97 Å². The van der Waals surface area contributed by atoms with Crippen LogP contribution in [-0.4, -0.2) is 62.4 Å². The largest absolute Gasteiger partial charge is 0.465 e. The van der Waals surface area contributed by atoms with Crippen molar-refractivity contribution < 1.29 is 29.2 Å². The molecule has 0 atom stereocenters. The molecule has 7 nitrogen and oxygen atoms in total. The van der Waals surface area contributed by atoms with Crippen LogP contribution in [0.2, 0.25) is 0 Å². The molecule has 120 valence electrons. The van der Waals surface area contributed by atoms with Crippen molar-refractivity contribution in [3.8, 4) is 6.07 Å². The summed E-state index contributed by atoms with van der Waals surface area (Å²) >= 11 is 0. The Bertz CT molecular complexity index is 211. The molecule has 7 heteroatoms. The number of hydrogen-bond acceptors (Lipinski definition) is 7. The molecule has 2 N–H and O–H groups in total. The molecular formula is C13H27NO6. The summed E-state index contributed by atoms with van der Waals surface area (Å²) in [5, 5.41) is 24.1. The lowest BCUT2D eigenvalue weighted by Crippen LogP contribution is -2.03. The summed E-state index contributed by atoms with van der Waals surface area (Å²) in [6.07, 6.45) is -0.145. The summed E-state index contributed by atoms with van der Waals surface area (Å²) in [5.41, 5.74) is 0. The van der Waals surface area contributed by atoms with E-state index in [1.54, 1.807) is 13.0 Å². The van der Waals surface area contributed by atoms with Gasteiger partial charge in [-0.25, -0.2) is 0 Å². The highest BCUT2D eigenvalue weighted by molar-refractivity contribution is 5.71. The van der Waals surface area contributed by atoms with Crippen molar-refractivity contribution in [3.63, 3.8) is 0 Å². The summed E-state index contributed by atoms with van der Waals surface area (Å²) < 4.78 is 13.9. The minimum atomic E-state index is -0.449. The molecule has 0 saturated carbocycles. The Hall–Kier alpha value is -1.20. The van der Waals surface area contributed by atoms with Crippen molar-refractivity contribution in [2.75, 3.05) is 46.2 Å². The van der Waals surface area contributed by atoms with Crippen molar-refractivity contribution in [1.82, 2.24) is 0 Å². The van der Waals surface area contributed by atoms with E-state index >= 15 is 0 Å². The Balaban J connectivity index is -0.000000223. The Morgan fingerprint density at radius 3 is 1.75 bits per heavy atom. The number of nitrogens with zero attached hydrogens (tertiary/aromatic N) is 1. The molecule has 0 rings (SSSR count). The second-order valence-electron chi connectivity index (χ2n) is 2.98. The average molecular weight is 293 g/mol. The fourth-order valence-corrected chi connectivity index (χ4v) is 0.712. The van der Waals surface area contributed by atoms with Gasteiger partial charge in [-0.1, -0.05) is 0 Å². The Kier molecular flexibility index (Phi) is 31.5. The zero-order valence-corrected chi connectivity index (χ0v) is 12.6. The molecule has 0 aromatic rings. The molecule has 0 aromatic carbocycles. The van der Waals surface area contributed by atoms with E-state index in [4.69, 9.17) is 20.2 Å². The smallest absolute Gasteiger partial charge is 0.320 e. The molecule has 0 aliphatic rings. The fraction of sp³-hybridized carbons (Fsp3) is 0.846. The van der Waals surface area contributed by atoms with Crippen molar-refractivity contribution >= 4 is 5.97 Å². The molecule has 0 spiro atoms. The summed E-state index contributed by atoms with van der Waals surface area (Å²) in [6.45, 7) is 8.41. The quantitative estimate of drug-likeness (QED) is 0.495. The lowest BCUT2D eigenvalue weighted by molar-refractivity contribution is -0.141. The van der Waals surface area contributed by atoms with Crippen LogP contribution in [0, 0.1) is 11.3 Å². The van der Waals surface area contributed by atoms with Gasteiger partial charge < -0.3 is 24.4 Å². The van der Waals surface area contributed by atoms with Crippen LogP contribution in [0.1, 0.15) is 27.2 Å². The molecule has 0 amide bonds. The summed E-state index contributed by atoms with van der Waals surface area (Å²) in [6, 6.07) is 1.68. The molecular weight excluding hydrogens is 266 g/mol. The summed E-state index contributed by atoms with van der Waals surface area (Å²) in [5.74, 6) is -0.449. The van der Waals surface area contributed by atoms with Crippen molar-refractivity contribution in [2.24, 2.45) is 0 Å². The number of rotatable bonds is 8. The van der Waals surface area contributed by atoms with Gasteiger partial charge in [0.2, 0.25) is 0 Å². The second-order valence-corrected chi connectivity index (χ2v) is 2.98. The van der Waals surface area contributed by atoms with Crippen LogP contribution >= 0.6 is 0 Å². The van der Waals surface area contributed by atoms with Gasteiger partial charge in [0.1, 0.15) is 6.42 Å². The predicted molar refractivity (Wildman–Crippen MR) is 74.0 cm³/mol. The lowest BCUT2D eigenvalue weighted by atomic mass is 10.5. The molecule has 0 heterocycles. The number of carbonyl (C=O) groups is 1. The van der Waals surface area contributed by atoms with E-state index in [0.29, 0.717) is 19.8 Å². The van der Waals surface area contributed by atoms with E-state index in [1.807, 2.05) is 13.8 Å². The van der Waals surface area contributed by atoms with E-state index in [0.717, 1.165) is 13.2 Å². The molecule has 20 heavy (non-hydrogen) atoms. The van der Waals surface area contributed by atoms with E-state index in [1.165, 1.54) is 0 Å². The molecule has 0 aliphatic carbocycles. The molecule has 0 saturated heterocycles. The number of hydrogen-bond donors (Lipinski definition) is 2. The van der Waals surface area contributed by atoms with E-state index in [-0.39, 0.29) is 19.6 Å². The third-order valence-corrected chi connectivity index (χ3v) is 1.41. The van der Waals surface area contributed by atoms with Gasteiger partial charge in [0.25, 0.3) is 0 Å². The molecule has 0 aromatic heterocycles. The van der Waals surface area contributed by atoms with Crippen LogP contribution < -0.4 is 0 Å². The first-order valence-electron chi connectivity index (χ1n) is 6.54. The first-order chi connectivity index (χ1) is 9.64. The SMILES string of the molecule is CCOC(=O)CC#N.CCOCC.OCCOCCO. The average Bonchev–Trinajstić information content (AvgIpc) is 2.42. The Morgan fingerprint density at radius 1 is 1.00 bits per heavy atom. The normalized spacial score (nSPS) is 8.40. The first kappa shape index (κ1) is 23.9. The van der Waals surface area contributed by atoms with Gasteiger partial charge >= 0.3 is 5.97 Å². The van der Waals surface area contributed by atoms with E-state index in [9.17, 15) is 4.79 Å². The van der Waals surface area contributed by atoms with Crippen LogP contribution in [0.5, 0.6) is 0 Å². The monoisotopic (exact) mass is 293 g/mol. The van der Waals surface area contributed by atoms with Gasteiger partial charge in [-0.05, 0) is 20.8 Å². The molecule has 0 bridgehead atoms. The van der Waals surface area contributed by atoms with Crippen LogP contribution in [0.4, 0.5) is 0 Å². The summed E-state index contributed by atoms with van der Waals surface area (Å²) in [4.78, 5) is 10.2. The predicted octanol–water partition coefficient (Wildman–Crippen LogP) is 0.494. The van der Waals surface area contributed by atoms with Crippen molar-refractivity contribution in [3.05, 3.63) is 0 Å². The van der Waals surface area contributed by atoms with Gasteiger partial charge in [-0.2, -0.15) is 5.26 Å². The summed E-state index contributed by atoms with van der Waals surface area (Å²) in [7, 11) is 0. The number of ether oxygens (including phenoxy) is 3. The van der Waals surface area contributed by atoms with Crippen molar-refractivity contribution in [2.45, 2.75) is 27.2 Å². The maximum absolute atomic E-state index is 10.2. The molecule has 0 radical (unpaired) electrons. The molecule has 0 aliphatic heterocycles. The highest BCUT2D eigenvalue weighted by Gasteiger charge is 1.95. The first-order valence-corrected chi connectivity index (χ1v) is 6.54. The minimum Gasteiger partial charge on any atom is -0.465 e. The maximum Gasteiger partial charge on any atom is 0.320 e. The van der Waals surface area contributed by atoms with Crippen LogP contribution in [-0.2, 0) is 19.0 Å². The number of esters is 1.